The van der Waals surface area contributed by atoms with E-state index in [-0.39, 0.29) is 25.0 Å². The third-order valence-electron chi connectivity index (χ3n) is 3.91. The average Bonchev–Trinajstić information content (AvgIpc) is 2.69. The summed E-state index contributed by atoms with van der Waals surface area (Å²) >= 11 is 0. The van der Waals surface area contributed by atoms with E-state index >= 15 is 0 Å². The number of nitrogens with one attached hydrogen (secondary N) is 1. The van der Waals surface area contributed by atoms with E-state index in [2.05, 4.69) is 17.8 Å². The van der Waals surface area contributed by atoms with Crippen LogP contribution in [0.15, 0.2) is 49.1 Å². The van der Waals surface area contributed by atoms with Crippen molar-refractivity contribution in [2.75, 3.05) is 20.3 Å². The molecule has 0 spiro atoms. The van der Waals surface area contributed by atoms with Crippen molar-refractivity contribution in [1.29, 1.82) is 0 Å². The number of rotatable bonds is 12. The summed E-state index contributed by atoms with van der Waals surface area (Å²) in [7, 11) is 1.61. The van der Waals surface area contributed by atoms with Crippen molar-refractivity contribution in [3.05, 3.63) is 54.6 Å². The minimum absolute atomic E-state index is 0.149. The summed E-state index contributed by atoms with van der Waals surface area (Å²) < 4.78 is 10.7. The van der Waals surface area contributed by atoms with Crippen molar-refractivity contribution in [2.24, 2.45) is 11.7 Å². The lowest BCUT2D eigenvalue weighted by Crippen LogP contribution is -2.42. The first-order valence-corrected chi connectivity index (χ1v) is 8.66. The van der Waals surface area contributed by atoms with Gasteiger partial charge in [-0.15, -0.1) is 13.0 Å². The van der Waals surface area contributed by atoms with E-state index in [0.717, 1.165) is 11.3 Å². The Labute approximate surface area is 161 Å². The number of aliphatic hydroxyl groups excluding tert-OH is 1. The number of hydrogen-bond donors (Lipinski definition) is 3. The van der Waals surface area contributed by atoms with Gasteiger partial charge in [-0.05, 0) is 30.2 Å². The lowest BCUT2D eigenvalue weighted by atomic mass is 9.93. The van der Waals surface area contributed by atoms with Gasteiger partial charge in [0.25, 0.3) is 0 Å². The van der Waals surface area contributed by atoms with Gasteiger partial charge in [0.2, 0.25) is 5.91 Å². The molecule has 4 N–H and O–H groups in total. The SMILES string of the molecule is C#CCNC(=O)/C=C/[C@@H](CC=C)[C@H](O)[C@H](N)COCc1ccc(OC)cc1. The second-order valence-corrected chi connectivity index (χ2v) is 5.99. The molecule has 0 radical (unpaired) electrons. The van der Waals surface area contributed by atoms with Gasteiger partial charge in [-0.1, -0.05) is 30.2 Å². The molecule has 0 saturated heterocycles. The number of ether oxygens (including phenoxy) is 2. The van der Waals surface area contributed by atoms with Gasteiger partial charge >= 0.3 is 0 Å². The van der Waals surface area contributed by atoms with E-state index in [1.54, 1.807) is 19.3 Å². The van der Waals surface area contributed by atoms with E-state index in [9.17, 15) is 9.90 Å². The molecule has 3 atom stereocenters. The van der Waals surface area contributed by atoms with Crippen LogP contribution in [0.25, 0.3) is 0 Å². The molecule has 146 valence electrons. The van der Waals surface area contributed by atoms with Crippen LogP contribution in [-0.2, 0) is 16.1 Å². The van der Waals surface area contributed by atoms with E-state index < -0.39 is 12.1 Å². The van der Waals surface area contributed by atoms with Crippen LogP contribution in [0.4, 0.5) is 0 Å². The molecule has 0 aromatic heterocycles. The van der Waals surface area contributed by atoms with Gasteiger partial charge in [0.05, 0.1) is 39.0 Å². The van der Waals surface area contributed by atoms with Crippen LogP contribution < -0.4 is 15.8 Å². The Kier molecular flexibility index (Phi) is 10.6. The average molecular weight is 372 g/mol. The third-order valence-corrected chi connectivity index (χ3v) is 3.91. The van der Waals surface area contributed by atoms with Crippen molar-refractivity contribution in [3.63, 3.8) is 0 Å². The highest BCUT2D eigenvalue weighted by Gasteiger charge is 2.23. The maximum Gasteiger partial charge on any atom is 0.244 e. The second kappa shape index (κ2) is 12.7. The highest BCUT2D eigenvalue weighted by Crippen LogP contribution is 2.16. The fourth-order valence-electron chi connectivity index (χ4n) is 2.38. The Morgan fingerprint density at radius 1 is 1.44 bits per heavy atom. The standard InChI is InChI=1S/C21H28N2O4/c1-4-6-17(9-12-20(24)23-13-5-2)21(25)19(22)15-27-14-16-7-10-18(26-3)11-8-16/h2,4,7-12,17,19,21,25H,1,6,13-15,22H2,3H3,(H,23,24)/b12-9+/t17-,19-,21+/m1/s1. The van der Waals surface area contributed by atoms with Gasteiger partial charge in [-0.25, -0.2) is 0 Å². The zero-order valence-electron chi connectivity index (χ0n) is 15.6. The molecule has 6 heteroatoms. The van der Waals surface area contributed by atoms with Gasteiger partial charge < -0.3 is 25.6 Å². The van der Waals surface area contributed by atoms with E-state index in [1.807, 2.05) is 24.3 Å². The molecule has 27 heavy (non-hydrogen) atoms. The number of carbonyl (C=O) groups is 1. The van der Waals surface area contributed by atoms with Gasteiger partial charge in [-0.3, -0.25) is 4.79 Å². The van der Waals surface area contributed by atoms with Crippen LogP contribution in [0.3, 0.4) is 0 Å². The Morgan fingerprint density at radius 3 is 2.74 bits per heavy atom. The van der Waals surface area contributed by atoms with Crippen LogP contribution >= 0.6 is 0 Å². The lowest BCUT2D eigenvalue weighted by Gasteiger charge is -2.24. The fourth-order valence-corrected chi connectivity index (χ4v) is 2.38. The Morgan fingerprint density at radius 2 is 2.15 bits per heavy atom. The highest BCUT2D eigenvalue weighted by molar-refractivity contribution is 5.87. The predicted octanol–water partition coefficient (Wildman–Crippen LogP) is 1.40. The van der Waals surface area contributed by atoms with Gasteiger partial charge in [0.1, 0.15) is 5.75 Å². The molecular weight excluding hydrogens is 344 g/mol. The summed E-state index contributed by atoms with van der Waals surface area (Å²) in [4.78, 5) is 11.6. The molecule has 1 aromatic carbocycles. The van der Waals surface area contributed by atoms with Crippen LogP contribution in [0.5, 0.6) is 5.75 Å². The van der Waals surface area contributed by atoms with Crippen molar-refractivity contribution < 1.29 is 19.4 Å². The number of benzene rings is 1. The smallest absolute Gasteiger partial charge is 0.244 e. The maximum absolute atomic E-state index is 11.6. The number of terminal acetylenes is 1. The summed E-state index contributed by atoms with van der Waals surface area (Å²) in [6, 6.07) is 6.90. The molecule has 6 nitrogen and oxygen atoms in total. The molecule has 1 rings (SSSR count). The van der Waals surface area contributed by atoms with E-state index in [4.69, 9.17) is 21.6 Å². The Hall–Kier alpha value is -2.59. The van der Waals surface area contributed by atoms with Crippen molar-refractivity contribution in [2.45, 2.75) is 25.2 Å². The minimum Gasteiger partial charge on any atom is -0.497 e. The van der Waals surface area contributed by atoms with Crippen molar-refractivity contribution in [1.82, 2.24) is 5.32 Å². The van der Waals surface area contributed by atoms with Crippen LogP contribution in [0.2, 0.25) is 0 Å². The minimum atomic E-state index is -0.879. The van der Waals surface area contributed by atoms with Crippen LogP contribution in [0, 0.1) is 18.3 Å². The summed E-state index contributed by atoms with van der Waals surface area (Å²) in [6.45, 7) is 4.38. The number of amides is 1. The lowest BCUT2D eigenvalue weighted by molar-refractivity contribution is -0.116. The Bertz CT molecular complexity index is 649. The monoisotopic (exact) mass is 372 g/mol. The summed E-state index contributed by atoms with van der Waals surface area (Å²) in [6.07, 6.45) is 9.32. The molecule has 0 bridgehead atoms. The zero-order chi connectivity index (χ0) is 20.1. The van der Waals surface area contributed by atoms with Crippen molar-refractivity contribution in [3.8, 4) is 18.1 Å². The number of carbonyl (C=O) groups excluding carboxylic acids is 1. The first-order chi connectivity index (χ1) is 13.0. The number of hydrogen-bond acceptors (Lipinski definition) is 5. The molecule has 0 fully saturated rings. The normalized spacial score (nSPS) is 14.1. The molecule has 0 aliphatic rings. The molecule has 0 unspecified atom stereocenters. The molecule has 1 amide bonds. The van der Waals surface area contributed by atoms with E-state index in [0.29, 0.717) is 13.0 Å². The first-order valence-electron chi connectivity index (χ1n) is 8.66. The van der Waals surface area contributed by atoms with E-state index in [1.165, 1.54) is 6.08 Å². The molecule has 0 aliphatic heterocycles. The number of methoxy groups -OCH3 is 1. The summed E-state index contributed by atoms with van der Waals surface area (Å²) in [5.41, 5.74) is 7.03. The fraction of sp³-hybridized carbons (Fsp3) is 0.381. The maximum atomic E-state index is 11.6. The number of nitrogens with two attached hydrogens (primary N) is 1. The predicted molar refractivity (Wildman–Crippen MR) is 106 cm³/mol. The van der Waals surface area contributed by atoms with Crippen LogP contribution in [-0.4, -0.2) is 43.4 Å². The van der Waals surface area contributed by atoms with Gasteiger partial charge in [0, 0.05) is 5.92 Å². The van der Waals surface area contributed by atoms with Crippen LogP contribution in [0.1, 0.15) is 12.0 Å². The first kappa shape index (κ1) is 22.5. The quantitative estimate of drug-likeness (QED) is 0.293. The topological polar surface area (TPSA) is 93.8 Å². The molecular formula is C21H28N2O4. The largest absolute Gasteiger partial charge is 0.497 e. The molecule has 0 saturated carbocycles. The number of allylic oxidation sites excluding steroid dienone is 1. The zero-order valence-corrected chi connectivity index (χ0v) is 15.6. The van der Waals surface area contributed by atoms with Crippen molar-refractivity contribution >= 4 is 5.91 Å². The molecule has 1 aromatic rings. The number of aliphatic hydroxyl groups is 1. The highest BCUT2D eigenvalue weighted by atomic mass is 16.5. The second-order valence-electron chi connectivity index (χ2n) is 5.99. The molecule has 0 aliphatic carbocycles. The summed E-state index contributed by atoms with van der Waals surface area (Å²) in [5.74, 6) is 2.43. The summed E-state index contributed by atoms with van der Waals surface area (Å²) in [5, 5.41) is 13.0. The van der Waals surface area contributed by atoms with Gasteiger partial charge in [-0.2, -0.15) is 0 Å². The molecule has 0 heterocycles. The third kappa shape index (κ3) is 8.56. The Balaban J connectivity index is 2.52. The van der Waals surface area contributed by atoms with Gasteiger partial charge in [0.15, 0.2) is 0 Å².